The number of rotatable bonds is 10. The molecule has 3 rings (SSSR count). The van der Waals surface area contributed by atoms with Crippen LogP contribution in [0.5, 0.6) is 11.5 Å². The van der Waals surface area contributed by atoms with E-state index in [-0.39, 0.29) is 18.9 Å². The second-order valence-corrected chi connectivity index (χ2v) is 8.06. The molecule has 0 aliphatic rings. The molecule has 0 fully saturated rings. The molecule has 0 aromatic heterocycles. The van der Waals surface area contributed by atoms with Crippen molar-refractivity contribution >= 4 is 23.5 Å². The number of carbonyl (C=O) groups excluding carboxylic acids is 1. The van der Waals surface area contributed by atoms with Crippen molar-refractivity contribution in [2.75, 3.05) is 20.3 Å². The Balaban J connectivity index is 2.20. The standard InChI is InChI=1S/C31H31NO4/c1-6-19-36-30-26(9-8-10-29(30)34-5)20-28(31(33)35-7-2)32-21-27(24-15-11-22(3)12-16-24)25-17-13-23(4)14-18-25/h6,8-18,20H,1,7,19H2,2-5H3/b28-20-. The fourth-order valence-electron chi connectivity index (χ4n) is 3.45. The maximum atomic E-state index is 12.9. The lowest BCUT2D eigenvalue weighted by Gasteiger charge is -2.12. The van der Waals surface area contributed by atoms with Gasteiger partial charge < -0.3 is 14.2 Å². The summed E-state index contributed by atoms with van der Waals surface area (Å²) in [6, 6.07) is 21.6. The SMILES string of the molecule is C=CCOc1c(/C=C(\N=C=C(c2ccc(C)cc2)c2ccc(C)cc2)C(=O)OCC)cccc1OC. The first-order valence-corrected chi connectivity index (χ1v) is 11.7. The number of aryl methyl sites for hydroxylation is 2. The van der Waals surface area contributed by atoms with Gasteiger partial charge in [0.25, 0.3) is 0 Å². The molecular formula is C31H31NO4. The van der Waals surface area contributed by atoms with E-state index < -0.39 is 5.97 Å². The lowest BCUT2D eigenvalue weighted by Crippen LogP contribution is -2.06. The van der Waals surface area contributed by atoms with E-state index in [0.717, 1.165) is 27.8 Å². The molecular weight excluding hydrogens is 450 g/mol. The van der Waals surface area contributed by atoms with Crippen LogP contribution < -0.4 is 9.47 Å². The number of aliphatic imine (C=N–C) groups is 1. The normalized spacial score (nSPS) is 10.7. The van der Waals surface area contributed by atoms with Crippen molar-refractivity contribution in [1.29, 1.82) is 0 Å². The Kier molecular flexibility index (Phi) is 9.44. The largest absolute Gasteiger partial charge is 0.493 e. The molecule has 5 heteroatoms. The molecule has 0 saturated carbocycles. The van der Waals surface area contributed by atoms with Crippen molar-refractivity contribution in [3.05, 3.63) is 113 Å². The van der Waals surface area contributed by atoms with Gasteiger partial charge in [-0.2, -0.15) is 4.99 Å². The molecule has 3 aromatic rings. The Labute approximate surface area is 213 Å². The van der Waals surface area contributed by atoms with E-state index in [1.54, 1.807) is 32.3 Å². The molecule has 0 heterocycles. The molecule has 0 aliphatic carbocycles. The highest BCUT2D eigenvalue weighted by molar-refractivity contribution is 6.02. The first kappa shape index (κ1) is 26.3. The predicted molar refractivity (Wildman–Crippen MR) is 146 cm³/mol. The smallest absolute Gasteiger partial charge is 0.357 e. The average Bonchev–Trinajstić information content (AvgIpc) is 2.89. The summed E-state index contributed by atoms with van der Waals surface area (Å²) >= 11 is 0. The summed E-state index contributed by atoms with van der Waals surface area (Å²) in [5, 5.41) is 0. The van der Waals surface area contributed by atoms with Gasteiger partial charge in [0.1, 0.15) is 6.61 Å². The Morgan fingerprint density at radius 3 is 2.11 bits per heavy atom. The minimum atomic E-state index is -0.561. The number of nitrogens with zero attached hydrogens (tertiary/aromatic N) is 1. The van der Waals surface area contributed by atoms with E-state index in [4.69, 9.17) is 14.2 Å². The first-order chi connectivity index (χ1) is 17.5. The second kappa shape index (κ2) is 12.9. The number of ether oxygens (including phenoxy) is 3. The number of para-hydroxylation sites is 1. The van der Waals surface area contributed by atoms with Gasteiger partial charge in [-0.1, -0.05) is 84.4 Å². The fourth-order valence-corrected chi connectivity index (χ4v) is 3.45. The van der Waals surface area contributed by atoms with Crippen LogP contribution in [-0.4, -0.2) is 32.2 Å². The summed E-state index contributed by atoms with van der Waals surface area (Å²) < 4.78 is 16.6. The van der Waals surface area contributed by atoms with E-state index in [0.29, 0.717) is 17.1 Å². The Morgan fingerprint density at radius 2 is 1.58 bits per heavy atom. The fraction of sp³-hybridized carbons (Fsp3) is 0.194. The van der Waals surface area contributed by atoms with E-state index in [1.165, 1.54) is 0 Å². The van der Waals surface area contributed by atoms with Crippen molar-refractivity contribution in [2.24, 2.45) is 4.99 Å². The molecule has 0 radical (unpaired) electrons. The molecule has 0 aliphatic heterocycles. The van der Waals surface area contributed by atoms with Crippen LogP contribution in [0.25, 0.3) is 11.6 Å². The Hall–Kier alpha value is -4.34. The molecule has 0 N–H and O–H groups in total. The monoisotopic (exact) mass is 481 g/mol. The lowest BCUT2D eigenvalue weighted by atomic mass is 9.98. The number of esters is 1. The summed E-state index contributed by atoms with van der Waals surface area (Å²) in [7, 11) is 1.56. The summed E-state index contributed by atoms with van der Waals surface area (Å²) in [5.74, 6) is 3.59. The van der Waals surface area contributed by atoms with Gasteiger partial charge in [-0.05, 0) is 49.9 Å². The van der Waals surface area contributed by atoms with E-state index in [1.807, 2.05) is 74.5 Å². The molecule has 0 spiro atoms. The molecule has 0 atom stereocenters. The van der Waals surface area contributed by atoms with Gasteiger partial charge in [0, 0.05) is 5.56 Å². The van der Waals surface area contributed by atoms with Crippen molar-refractivity contribution < 1.29 is 19.0 Å². The molecule has 0 unspecified atom stereocenters. The second-order valence-electron chi connectivity index (χ2n) is 8.06. The molecule has 36 heavy (non-hydrogen) atoms. The Bertz CT molecular complexity index is 1250. The van der Waals surface area contributed by atoms with Crippen LogP contribution in [0.3, 0.4) is 0 Å². The highest BCUT2D eigenvalue weighted by Gasteiger charge is 2.15. The van der Waals surface area contributed by atoms with Crippen molar-refractivity contribution in [3.8, 4) is 11.5 Å². The summed E-state index contributed by atoms with van der Waals surface area (Å²) in [5.41, 5.74) is 5.65. The van der Waals surface area contributed by atoms with Crippen LogP contribution in [0, 0.1) is 13.8 Å². The lowest BCUT2D eigenvalue weighted by molar-refractivity contribution is -0.138. The Morgan fingerprint density at radius 1 is 0.972 bits per heavy atom. The van der Waals surface area contributed by atoms with Gasteiger partial charge in [0.15, 0.2) is 17.2 Å². The van der Waals surface area contributed by atoms with E-state index in [9.17, 15) is 4.79 Å². The predicted octanol–water partition coefficient (Wildman–Crippen LogP) is 6.58. The number of benzene rings is 3. The maximum Gasteiger partial charge on any atom is 0.357 e. The third-order valence-corrected chi connectivity index (χ3v) is 5.32. The number of hydrogen-bond donors (Lipinski definition) is 0. The highest BCUT2D eigenvalue weighted by atomic mass is 16.5. The van der Waals surface area contributed by atoms with Crippen LogP contribution in [0.2, 0.25) is 0 Å². The number of methoxy groups -OCH3 is 1. The summed E-state index contributed by atoms with van der Waals surface area (Å²) in [6.07, 6.45) is 3.26. The van der Waals surface area contributed by atoms with Crippen molar-refractivity contribution in [3.63, 3.8) is 0 Å². The van der Waals surface area contributed by atoms with Gasteiger partial charge >= 0.3 is 5.97 Å². The van der Waals surface area contributed by atoms with Crippen LogP contribution in [0.4, 0.5) is 0 Å². The quantitative estimate of drug-likeness (QED) is 0.142. The average molecular weight is 482 g/mol. The van der Waals surface area contributed by atoms with Gasteiger partial charge in [-0.3, -0.25) is 0 Å². The highest BCUT2D eigenvalue weighted by Crippen LogP contribution is 2.33. The minimum absolute atomic E-state index is 0.0882. The van der Waals surface area contributed by atoms with Crippen LogP contribution in [0.1, 0.15) is 34.7 Å². The molecule has 5 nitrogen and oxygen atoms in total. The third-order valence-electron chi connectivity index (χ3n) is 5.32. The molecule has 184 valence electrons. The zero-order valence-electron chi connectivity index (χ0n) is 21.2. The molecule has 0 saturated heterocycles. The van der Waals surface area contributed by atoms with Crippen molar-refractivity contribution in [2.45, 2.75) is 20.8 Å². The van der Waals surface area contributed by atoms with Gasteiger partial charge in [0.2, 0.25) is 0 Å². The minimum Gasteiger partial charge on any atom is -0.493 e. The molecule has 0 bridgehead atoms. The molecule has 0 amide bonds. The van der Waals surface area contributed by atoms with Crippen LogP contribution in [-0.2, 0) is 9.53 Å². The van der Waals surface area contributed by atoms with Crippen LogP contribution in [0.15, 0.2) is 90.1 Å². The van der Waals surface area contributed by atoms with Gasteiger partial charge in [0.05, 0.1) is 19.3 Å². The zero-order chi connectivity index (χ0) is 25.9. The van der Waals surface area contributed by atoms with Gasteiger partial charge in [-0.15, -0.1) is 0 Å². The number of carbonyl (C=O) groups is 1. The third kappa shape index (κ3) is 6.84. The zero-order valence-corrected chi connectivity index (χ0v) is 21.2. The first-order valence-electron chi connectivity index (χ1n) is 11.7. The van der Waals surface area contributed by atoms with Gasteiger partial charge in [-0.25, -0.2) is 4.79 Å². The van der Waals surface area contributed by atoms with E-state index >= 15 is 0 Å². The maximum absolute atomic E-state index is 12.9. The van der Waals surface area contributed by atoms with Crippen molar-refractivity contribution in [1.82, 2.24) is 0 Å². The molecule has 3 aromatic carbocycles. The number of hydrogen-bond acceptors (Lipinski definition) is 5. The van der Waals surface area contributed by atoms with E-state index in [2.05, 4.69) is 17.4 Å². The summed E-state index contributed by atoms with van der Waals surface area (Å²) in [6.45, 7) is 10.0. The topological polar surface area (TPSA) is 57.1 Å². The van der Waals surface area contributed by atoms with Crippen LogP contribution >= 0.6 is 0 Å². The summed E-state index contributed by atoms with van der Waals surface area (Å²) in [4.78, 5) is 17.4.